The number of allylic oxidation sites excluding steroid dienone is 2. The summed E-state index contributed by atoms with van der Waals surface area (Å²) in [6.45, 7) is 6.82. The van der Waals surface area contributed by atoms with Gasteiger partial charge in [0.1, 0.15) is 5.82 Å². The molecule has 1 aliphatic carbocycles. The van der Waals surface area contributed by atoms with Gasteiger partial charge in [-0.2, -0.15) is 9.97 Å². The monoisotopic (exact) mass is 288 g/mol. The number of fused-ring (bicyclic) bond motifs is 1. The first kappa shape index (κ1) is 14.3. The zero-order chi connectivity index (χ0) is 14.5. The molecule has 1 aromatic heterocycles. The van der Waals surface area contributed by atoms with Crippen LogP contribution in [0.3, 0.4) is 0 Å². The minimum atomic E-state index is 0.541. The largest absolute Gasteiger partial charge is 0.463 e. The fraction of sp³-hybridized carbons (Fsp3) is 0.625. The van der Waals surface area contributed by atoms with Crippen molar-refractivity contribution in [3.8, 4) is 6.01 Å². The number of hydrogen-bond acceptors (Lipinski definition) is 5. The van der Waals surface area contributed by atoms with E-state index in [0.717, 1.165) is 63.4 Å². The lowest BCUT2D eigenvalue weighted by Crippen LogP contribution is -2.44. The lowest BCUT2D eigenvalue weighted by atomic mass is 10.1. The highest BCUT2D eigenvalue weighted by Gasteiger charge is 2.21. The van der Waals surface area contributed by atoms with E-state index in [9.17, 15) is 0 Å². The molecule has 1 N–H and O–H groups in total. The van der Waals surface area contributed by atoms with E-state index in [1.165, 1.54) is 5.56 Å². The second-order valence-electron chi connectivity index (χ2n) is 5.55. The zero-order valence-electron chi connectivity index (χ0n) is 12.8. The number of rotatable bonds is 4. The van der Waals surface area contributed by atoms with Crippen molar-refractivity contribution in [3.05, 3.63) is 23.4 Å². The maximum absolute atomic E-state index is 5.70. The average Bonchev–Trinajstić information content (AvgIpc) is 2.78. The number of hydrogen-bond donors (Lipinski definition) is 1. The van der Waals surface area contributed by atoms with Gasteiger partial charge in [0.2, 0.25) is 0 Å². The molecule has 0 aromatic carbocycles. The van der Waals surface area contributed by atoms with Crippen molar-refractivity contribution in [3.63, 3.8) is 0 Å². The SMILES string of the molecule is CCCOc1nc2c(c(N3CCNCC3)n1)CCC=CC2. The molecule has 0 unspecified atom stereocenters. The molecule has 2 aliphatic rings. The Morgan fingerprint density at radius 1 is 1.24 bits per heavy atom. The van der Waals surface area contributed by atoms with Crippen molar-refractivity contribution in [2.75, 3.05) is 37.7 Å². The summed E-state index contributed by atoms with van der Waals surface area (Å²) < 4.78 is 5.70. The van der Waals surface area contributed by atoms with Crippen LogP contribution in [-0.2, 0) is 12.8 Å². The van der Waals surface area contributed by atoms with Crippen LogP contribution in [0.4, 0.5) is 5.82 Å². The van der Waals surface area contributed by atoms with Crippen molar-refractivity contribution in [1.82, 2.24) is 15.3 Å². The lowest BCUT2D eigenvalue weighted by Gasteiger charge is -2.30. The minimum Gasteiger partial charge on any atom is -0.463 e. The highest BCUT2D eigenvalue weighted by atomic mass is 16.5. The second kappa shape index (κ2) is 6.89. The Hall–Kier alpha value is -1.62. The topological polar surface area (TPSA) is 50.3 Å². The standard InChI is InChI=1S/C16H24N4O/c1-2-12-21-16-18-14-7-5-3-4-6-13(14)15(19-16)20-10-8-17-9-11-20/h3,5,17H,2,4,6-12H2,1H3. The third-order valence-corrected chi connectivity index (χ3v) is 3.94. The summed E-state index contributed by atoms with van der Waals surface area (Å²) in [4.78, 5) is 11.7. The van der Waals surface area contributed by atoms with Crippen molar-refractivity contribution in [2.24, 2.45) is 0 Å². The maximum Gasteiger partial charge on any atom is 0.318 e. The van der Waals surface area contributed by atoms with Gasteiger partial charge in [0.05, 0.1) is 12.3 Å². The van der Waals surface area contributed by atoms with E-state index in [4.69, 9.17) is 9.72 Å². The summed E-state index contributed by atoms with van der Waals surface area (Å²) in [5.74, 6) is 1.09. The lowest BCUT2D eigenvalue weighted by molar-refractivity contribution is 0.291. The molecule has 0 spiro atoms. The second-order valence-corrected chi connectivity index (χ2v) is 5.55. The van der Waals surface area contributed by atoms with Gasteiger partial charge < -0.3 is 15.0 Å². The normalized spacial score (nSPS) is 18.2. The predicted octanol–water partition coefficient (Wildman–Crippen LogP) is 1.72. The summed E-state index contributed by atoms with van der Waals surface area (Å²) >= 11 is 0. The van der Waals surface area contributed by atoms with E-state index < -0.39 is 0 Å². The number of nitrogens with zero attached hydrogens (tertiary/aromatic N) is 3. The van der Waals surface area contributed by atoms with Crippen molar-refractivity contribution >= 4 is 5.82 Å². The molecule has 1 saturated heterocycles. The number of piperazine rings is 1. The molecule has 2 heterocycles. The summed E-state index contributed by atoms with van der Waals surface area (Å²) in [6, 6.07) is 0.541. The van der Waals surface area contributed by atoms with Crippen LogP contribution in [0.2, 0.25) is 0 Å². The van der Waals surface area contributed by atoms with Crippen molar-refractivity contribution in [2.45, 2.75) is 32.6 Å². The fourth-order valence-electron chi connectivity index (χ4n) is 2.86. The van der Waals surface area contributed by atoms with Crippen LogP contribution in [0.5, 0.6) is 6.01 Å². The van der Waals surface area contributed by atoms with E-state index in [1.807, 2.05) is 0 Å². The molecule has 1 aromatic rings. The van der Waals surface area contributed by atoms with E-state index in [0.29, 0.717) is 12.6 Å². The number of nitrogens with one attached hydrogen (secondary N) is 1. The molecule has 5 nitrogen and oxygen atoms in total. The molecule has 5 heteroatoms. The molecule has 0 amide bonds. The van der Waals surface area contributed by atoms with Gasteiger partial charge in [-0.05, 0) is 19.3 Å². The first-order chi connectivity index (χ1) is 10.4. The van der Waals surface area contributed by atoms with Crippen LogP contribution in [0.15, 0.2) is 12.2 Å². The van der Waals surface area contributed by atoms with Crippen molar-refractivity contribution in [1.29, 1.82) is 0 Å². The van der Waals surface area contributed by atoms with E-state index >= 15 is 0 Å². The van der Waals surface area contributed by atoms with Crippen molar-refractivity contribution < 1.29 is 4.74 Å². The van der Waals surface area contributed by atoms with E-state index in [2.05, 4.69) is 34.3 Å². The first-order valence-corrected chi connectivity index (χ1v) is 8.01. The molecule has 0 saturated carbocycles. The fourth-order valence-corrected chi connectivity index (χ4v) is 2.86. The van der Waals surface area contributed by atoms with Gasteiger partial charge in [0.25, 0.3) is 0 Å². The third-order valence-electron chi connectivity index (χ3n) is 3.94. The zero-order valence-corrected chi connectivity index (χ0v) is 12.8. The molecule has 3 rings (SSSR count). The number of anilines is 1. The molecule has 114 valence electrons. The van der Waals surface area contributed by atoms with Crippen LogP contribution in [-0.4, -0.2) is 42.8 Å². The summed E-state index contributed by atoms with van der Waals surface area (Å²) in [6.07, 6.45) is 8.42. The van der Waals surface area contributed by atoms with Gasteiger partial charge in [-0.25, -0.2) is 0 Å². The quantitative estimate of drug-likeness (QED) is 0.855. The van der Waals surface area contributed by atoms with Gasteiger partial charge in [0, 0.05) is 38.2 Å². The van der Waals surface area contributed by atoms with Gasteiger partial charge >= 0.3 is 6.01 Å². The molecule has 0 radical (unpaired) electrons. The Morgan fingerprint density at radius 2 is 2.10 bits per heavy atom. The summed E-state index contributed by atoms with van der Waals surface area (Å²) in [7, 11) is 0. The Bertz CT molecular complexity index is 509. The predicted molar refractivity (Wildman–Crippen MR) is 84.1 cm³/mol. The van der Waals surface area contributed by atoms with Gasteiger partial charge in [0.15, 0.2) is 0 Å². The molecule has 21 heavy (non-hydrogen) atoms. The van der Waals surface area contributed by atoms with Gasteiger partial charge in [-0.3, -0.25) is 0 Å². The molecule has 1 aliphatic heterocycles. The Balaban J connectivity index is 1.94. The highest BCUT2D eigenvalue weighted by Crippen LogP contribution is 2.27. The van der Waals surface area contributed by atoms with Crippen LogP contribution >= 0.6 is 0 Å². The third kappa shape index (κ3) is 3.35. The minimum absolute atomic E-state index is 0.541. The van der Waals surface area contributed by atoms with Crippen LogP contribution in [0.25, 0.3) is 0 Å². The van der Waals surface area contributed by atoms with Gasteiger partial charge in [-0.1, -0.05) is 19.1 Å². The van der Waals surface area contributed by atoms with Crippen LogP contribution < -0.4 is 15.0 Å². The van der Waals surface area contributed by atoms with Crippen LogP contribution in [0.1, 0.15) is 31.0 Å². The summed E-state index contributed by atoms with van der Waals surface area (Å²) in [5.41, 5.74) is 2.45. The Labute approximate surface area is 126 Å². The van der Waals surface area contributed by atoms with Crippen LogP contribution in [0, 0.1) is 0 Å². The highest BCUT2D eigenvalue weighted by molar-refractivity contribution is 5.51. The Kier molecular flexibility index (Phi) is 4.70. The number of aromatic nitrogens is 2. The molecule has 1 fully saturated rings. The Morgan fingerprint density at radius 3 is 2.90 bits per heavy atom. The van der Waals surface area contributed by atoms with Gasteiger partial charge in [-0.15, -0.1) is 0 Å². The summed E-state index contributed by atoms with van der Waals surface area (Å²) in [5, 5.41) is 3.40. The number of ether oxygens (including phenoxy) is 1. The molecule has 0 bridgehead atoms. The molecule has 0 atom stereocenters. The average molecular weight is 288 g/mol. The molecular weight excluding hydrogens is 264 g/mol. The smallest absolute Gasteiger partial charge is 0.318 e. The van der Waals surface area contributed by atoms with E-state index in [-0.39, 0.29) is 0 Å². The molecular formula is C16H24N4O. The first-order valence-electron chi connectivity index (χ1n) is 8.01. The maximum atomic E-state index is 5.70. The van der Waals surface area contributed by atoms with E-state index in [1.54, 1.807) is 0 Å².